The van der Waals surface area contributed by atoms with E-state index in [9.17, 15) is 14.9 Å². The van der Waals surface area contributed by atoms with Crippen LogP contribution >= 0.6 is 0 Å². The van der Waals surface area contributed by atoms with E-state index in [0.29, 0.717) is 12.2 Å². The van der Waals surface area contributed by atoms with Crippen LogP contribution in [-0.2, 0) is 27.3 Å². The summed E-state index contributed by atoms with van der Waals surface area (Å²) in [5, 5.41) is 13.3. The Kier molecular flexibility index (Phi) is 7.69. The Labute approximate surface area is 184 Å². The van der Waals surface area contributed by atoms with Gasteiger partial charge in [0.25, 0.3) is 0 Å². The topological polar surface area (TPSA) is 87.4 Å². The number of fused-ring (bicyclic) bond motifs is 1. The van der Waals surface area contributed by atoms with Crippen LogP contribution in [0.4, 0.5) is 0 Å². The number of hydrogen-bond acceptors (Lipinski definition) is 5. The Balaban J connectivity index is 1.64. The van der Waals surface area contributed by atoms with Crippen LogP contribution in [0.2, 0.25) is 0 Å². The molecular formula is C24H32N4O3. The van der Waals surface area contributed by atoms with Crippen molar-refractivity contribution in [2.24, 2.45) is 0 Å². The molecule has 0 saturated carbocycles. The maximum Gasteiger partial charge on any atom is 0.319 e. The van der Waals surface area contributed by atoms with Crippen LogP contribution in [0.15, 0.2) is 24.3 Å². The van der Waals surface area contributed by atoms with Crippen LogP contribution in [-0.4, -0.2) is 53.1 Å². The van der Waals surface area contributed by atoms with Gasteiger partial charge in [-0.15, -0.1) is 0 Å². The Bertz CT molecular complexity index is 975. The molecule has 1 saturated heterocycles. The second-order valence-corrected chi connectivity index (χ2v) is 8.04. The second-order valence-electron chi connectivity index (χ2n) is 8.04. The van der Waals surface area contributed by atoms with E-state index in [1.54, 1.807) is 13.8 Å². The van der Waals surface area contributed by atoms with Crippen LogP contribution in [0.25, 0.3) is 10.9 Å². The molecule has 7 nitrogen and oxygen atoms in total. The number of hydrogen-bond donors (Lipinski definition) is 1. The number of ether oxygens (including phenoxy) is 1. The van der Waals surface area contributed by atoms with Crippen molar-refractivity contribution in [3.8, 4) is 6.07 Å². The summed E-state index contributed by atoms with van der Waals surface area (Å²) in [4.78, 5) is 26.5. The summed E-state index contributed by atoms with van der Waals surface area (Å²) in [5.41, 5.74) is 3.00. The number of benzene rings is 1. The highest BCUT2D eigenvalue weighted by molar-refractivity contribution is 5.83. The molecule has 1 aliphatic heterocycles. The van der Waals surface area contributed by atoms with E-state index in [1.807, 2.05) is 23.1 Å². The fourth-order valence-corrected chi connectivity index (χ4v) is 4.49. The van der Waals surface area contributed by atoms with Gasteiger partial charge in [0, 0.05) is 30.3 Å². The zero-order valence-corrected chi connectivity index (χ0v) is 18.7. The molecule has 1 amide bonds. The molecule has 0 bridgehead atoms. The fraction of sp³-hybridized carbons (Fsp3) is 0.542. The van der Waals surface area contributed by atoms with Crippen molar-refractivity contribution in [2.45, 2.75) is 65.1 Å². The monoisotopic (exact) mass is 424 g/mol. The summed E-state index contributed by atoms with van der Waals surface area (Å²) in [6.07, 6.45) is 3.78. The van der Waals surface area contributed by atoms with Crippen molar-refractivity contribution in [3.63, 3.8) is 0 Å². The highest BCUT2D eigenvalue weighted by Crippen LogP contribution is 2.26. The molecule has 2 heterocycles. The normalized spacial score (nSPS) is 17.0. The number of rotatable bonds is 9. The third kappa shape index (κ3) is 5.26. The van der Waals surface area contributed by atoms with Gasteiger partial charge < -0.3 is 14.2 Å². The van der Waals surface area contributed by atoms with Crippen molar-refractivity contribution in [2.75, 3.05) is 19.7 Å². The highest BCUT2D eigenvalue weighted by Gasteiger charge is 2.31. The van der Waals surface area contributed by atoms with Crippen molar-refractivity contribution >= 4 is 22.8 Å². The lowest BCUT2D eigenvalue weighted by atomic mass is 10.1. The highest BCUT2D eigenvalue weighted by atomic mass is 16.5. The first-order valence-corrected chi connectivity index (χ1v) is 11.2. The fourth-order valence-electron chi connectivity index (χ4n) is 4.49. The summed E-state index contributed by atoms with van der Waals surface area (Å²) in [5.74, 6) is -0.298. The average molecular weight is 425 g/mol. The van der Waals surface area contributed by atoms with Crippen molar-refractivity contribution in [1.29, 1.82) is 5.26 Å². The molecule has 1 fully saturated rings. The number of nitrogens with zero attached hydrogens (tertiary/aromatic N) is 3. The molecule has 3 rings (SSSR count). The van der Waals surface area contributed by atoms with Gasteiger partial charge in [0.05, 0.1) is 30.8 Å². The van der Waals surface area contributed by atoms with Crippen molar-refractivity contribution in [1.82, 2.24) is 14.8 Å². The van der Waals surface area contributed by atoms with Crippen molar-refractivity contribution in [3.05, 3.63) is 35.5 Å². The molecule has 0 spiro atoms. The van der Waals surface area contributed by atoms with E-state index >= 15 is 0 Å². The Hall–Kier alpha value is -2.85. The number of nitrogens with one attached hydrogen (secondary N) is 1. The van der Waals surface area contributed by atoms with Gasteiger partial charge >= 0.3 is 5.97 Å². The van der Waals surface area contributed by atoms with E-state index in [4.69, 9.17) is 4.74 Å². The lowest BCUT2D eigenvalue weighted by Gasteiger charge is -2.28. The largest absolute Gasteiger partial charge is 0.465 e. The predicted octanol–water partition coefficient (Wildman–Crippen LogP) is 3.00. The summed E-state index contributed by atoms with van der Waals surface area (Å²) < 4.78 is 7.19. The zero-order chi connectivity index (χ0) is 22.4. The van der Waals surface area contributed by atoms with Gasteiger partial charge in [0.2, 0.25) is 5.91 Å². The second kappa shape index (κ2) is 10.5. The van der Waals surface area contributed by atoms with E-state index in [1.165, 1.54) is 5.69 Å². The van der Waals surface area contributed by atoms with Gasteiger partial charge in [-0.25, -0.2) is 0 Å². The van der Waals surface area contributed by atoms with E-state index in [2.05, 4.69) is 28.9 Å². The first-order valence-electron chi connectivity index (χ1n) is 11.2. The van der Waals surface area contributed by atoms with Gasteiger partial charge in [-0.2, -0.15) is 5.26 Å². The number of esters is 1. The lowest BCUT2D eigenvalue weighted by Crippen LogP contribution is -2.48. The first kappa shape index (κ1) is 22.8. The molecule has 0 aliphatic carbocycles. The molecule has 7 heteroatoms. The number of likely N-dealkylation sites (tertiary alicyclic amines) is 1. The van der Waals surface area contributed by atoms with Gasteiger partial charge in [0.15, 0.2) is 0 Å². The summed E-state index contributed by atoms with van der Waals surface area (Å²) >= 11 is 0. The smallest absolute Gasteiger partial charge is 0.319 e. The third-order valence-corrected chi connectivity index (χ3v) is 6.06. The van der Waals surface area contributed by atoms with E-state index < -0.39 is 6.04 Å². The van der Waals surface area contributed by atoms with Gasteiger partial charge in [-0.3, -0.25) is 14.9 Å². The SMILES string of the molecule is CCOC(=O)CNC(C)C(=O)N1CCCC1CCc1cc2ccc(C#N)cc2n1CC. The number of aromatic nitrogens is 1. The molecule has 1 aliphatic rings. The van der Waals surface area contributed by atoms with Crippen LogP contribution in [0.3, 0.4) is 0 Å². The number of nitriles is 1. The van der Waals surface area contributed by atoms with Crippen LogP contribution in [0.5, 0.6) is 0 Å². The molecule has 0 radical (unpaired) electrons. The van der Waals surface area contributed by atoms with Crippen LogP contribution in [0, 0.1) is 11.3 Å². The summed E-state index contributed by atoms with van der Waals surface area (Å²) in [6, 6.07) is 10.0. The molecule has 2 atom stereocenters. The minimum absolute atomic E-state index is 0.0422. The molecule has 1 aromatic heterocycles. The molecule has 2 aromatic rings. The number of carbonyl (C=O) groups excluding carboxylic acids is 2. The molecule has 1 N–H and O–H groups in total. The first-order chi connectivity index (χ1) is 15.0. The van der Waals surface area contributed by atoms with Crippen LogP contribution < -0.4 is 5.32 Å². The number of amides is 1. The predicted molar refractivity (Wildman–Crippen MR) is 119 cm³/mol. The average Bonchev–Trinajstić information content (AvgIpc) is 3.38. The third-order valence-electron chi connectivity index (χ3n) is 6.06. The van der Waals surface area contributed by atoms with E-state index in [-0.39, 0.29) is 24.5 Å². The summed E-state index contributed by atoms with van der Waals surface area (Å²) in [7, 11) is 0. The Morgan fingerprint density at radius 1 is 1.32 bits per heavy atom. The van der Waals surface area contributed by atoms with Crippen LogP contribution in [0.1, 0.15) is 51.3 Å². The Morgan fingerprint density at radius 2 is 2.13 bits per heavy atom. The standard InChI is InChI=1S/C24H32N4O3/c1-4-27-21(14-19-9-8-18(15-25)13-22(19)27)11-10-20-7-6-12-28(20)24(30)17(3)26-16-23(29)31-5-2/h8-9,13-14,17,20,26H,4-7,10-12,16H2,1-3H3. The van der Waals surface area contributed by atoms with Gasteiger partial charge in [-0.1, -0.05) is 6.07 Å². The molecular weight excluding hydrogens is 392 g/mol. The number of carbonyl (C=O) groups is 2. The van der Waals surface area contributed by atoms with Gasteiger partial charge in [0.1, 0.15) is 0 Å². The summed E-state index contributed by atoms with van der Waals surface area (Å²) in [6.45, 7) is 7.67. The minimum Gasteiger partial charge on any atom is -0.465 e. The molecule has 2 unspecified atom stereocenters. The maximum absolute atomic E-state index is 12.9. The molecule has 31 heavy (non-hydrogen) atoms. The van der Waals surface area contributed by atoms with Crippen molar-refractivity contribution < 1.29 is 14.3 Å². The minimum atomic E-state index is -0.420. The van der Waals surface area contributed by atoms with Gasteiger partial charge in [-0.05, 0) is 70.0 Å². The van der Waals surface area contributed by atoms with E-state index in [0.717, 1.165) is 49.7 Å². The lowest BCUT2D eigenvalue weighted by molar-refractivity contribution is -0.142. The number of aryl methyl sites for hydroxylation is 2. The molecule has 166 valence electrons. The quantitative estimate of drug-likeness (QED) is 0.625. The zero-order valence-electron chi connectivity index (χ0n) is 18.7. The maximum atomic E-state index is 12.9. The Morgan fingerprint density at radius 3 is 2.84 bits per heavy atom. The molecule has 1 aromatic carbocycles.